The first kappa shape index (κ1) is 15.2. The SMILES string of the molecule is Nc1cc(-c2[nH]c3c(c2Nc2ccccc2)C(=O)CC2(CC2)C3)ccn1. The van der Waals surface area contributed by atoms with Gasteiger partial charge in [0.15, 0.2) is 5.78 Å². The number of aromatic nitrogens is 2. The standard InChI is InChI=1S/C21H20N4O/c22-17-10-13(6-9-23-17)19-20(24-14-4-2-1-3-5-14)18-15(25-19)11-21(7-8-21)12-16(18)26/h1-6,9-10,24-25H,7-8,11-12H2,(H2,22,23). The Morgan fingerprint density at radius 1 is 1.12 bits per heavy atom. The van der Waals surface area contributed by atoms with Crippen molar-refractivity contribution in [2.24, 2.45) is 5.41 Å². The average Bonchev–Trinajstić information content (AvgIpc) is 3.26. The molecule has 1 fully saturated rings. The van der Waals surface area contributed by atoms with E-state index in [4.69, 9.17) is 5.73 Å². The van der Waals surface area contributed by atoms with Crippen LogP contribution < -0.4 is 11.1 Å². The van der Waals surface area contributed by atoms with Gasteiger partial charge in [0.25, 0.3) is 0 Å². The molecule has 2 aromatic heterocycles. The molecule has 0 aliphatic heterocycles. The summed E-state index contributed by atoms with van der Waals surface area (Å²) in [7, 11) is 0. The number of nitrogens with two attached hydrogens (primary N) is 1. The molecule has 2 aliphatic carbocycles. The van der Waals surface area contributed by atoms with Gasteiger partial charge in [0.2, 0.25) is 0 Å². The van der Waals surface area contributed by atoms with Crippen LogP contribution in [0.2, 0.25) is 0 Å². The molecule has 26 heavy (non-hydrogen) atoms. The lowest BCUT2D eigenvalue weighted by Crippen LogP contribution is -2.21. The molecule has 5 heteroatoms. The van der Waals surface area contributed by atoms with Gasteiger partial charge in [-0.2, -0.15) is 0 Å². The van der Waals surface area contributed by atoms with Crippen molar-refractivity contribution in [1.29, 1.82) is 0 Å². The normalized spacial score (nSPS) is 17.2. The number of nitrogen functional groups attached to an aromatic ring is 1. The topological polar surface area (TPSA) is 83.8 Å². The molecule has 4 N–H and O–H groups in total. The van der Waals surface area contributed by atoms with Crippen LogP contribution in [0, 0.1) is 5.41 Å². The fourth-order valence-electron chi connectivity index (χ4n) is 4.00. The number of anilines is 3. The van der Waals surface area contributed by atoms with Gasteiger partial charge in [-0.1, -0.05) is 18.2 Å². The maximum atomic E-state index is 13.0. The second kappa shape index (κ2) is 5.46. The molecule has 3 aromatic rings. The minimum absolute atomic E-state index is 0.202. The van der Waals surface area contributed by atoms with Crippen molar-refractivity contribution in [2.75, 3.05) is 11.1 Å². The van der Waals surface area contributed by atoms with Crippen LogP contribution in [0.1, 0.15) is 35.3 Å². The van der Waals surface area contributed by atoms with Crippen LogP contribution in [0.25, 0.3) is 11.3 Å². The van der Waals surface area contributed by atoms with Crippen LogP contribution in [0.3, 0.4) is 0 Å². The minimum Gasteiger partial charge on any atom is -0.384 e. The summed E-state index contributed by atoms with van der Waals surface area (Å²) in [6.07, 6.45) is 5.59. The third-order valence-corrected chi connectivity index (χ3v) is 5.51. The van der Waals surface area contributed by atoms with E-state index < -0.39 is 0 Å². The fraction of sp³-hybridized carbons (Fsp3) is 0.238. The van der Waals surface area contributed by atoms with Crippen molar-refractivity contribution in [3.05, 3.63) is 59.9 Å². The van der Waals surface area contributed by atoms with Crippen LogP contribution in [-0.4, -0.2) is 15.8 Å². The van der Waals surface area contributed by atoms with Gasteiger partial charge in [-0.25, -0.2) is 4.98 Å². The van der Waals surface area contributed by atoms with Gasteiger partial charge >= 0.3 is 0 Å². The van der Waals surface area contributed by atoms with Crippen LogP contribution in [0.4, 0.5) is 17.2 Å². The predicted octanol–water partition coefficient (Wildman–Crippen LogP) is 4.31. The number of para-hydroxylation sites is 1. The molecule has 0 atom stereocenters. The maximum absolute atomic E-state index is 13.0. The van der Waals surface area contributed by atoms with Crippen molar-refractivity contribution in [1.82, 2.24) is 9.97 Å². The van der Waals surface area contributed by atoms with Crippen molar-refractivity contribution < 1.29 is 4.79 Å². The summed E-state index contributed by atoms with van der Waals surface area (Å²) in [4.78, 5) is 20.6. The number of nitrogens with one attached hydrogen (secondary N) is 2. The van der Waals surface area contributed by atoms with E-state index in [0.717, 1.165) is 53.2 Å². The molecule has 130 valence electrons. The van der Waals surface area contributed by atoms with E-state index >= 15 is 0 Å². The van der Waals surface area contributed by atoms with Gasteiger partial charge in [-0.05, 0) is 48.9 Å². The largest absolute Gasteiger partial charge is 0.384 e. The maximum Gasteiger partial charge on any atom is 0.167 e. The molecule has 1 spiro atoms. The van der Waals surface area contributed by atoms with Crippen molar-refractivity contribution in [3.8, 4) is 11.3 Å². The van der Waals surface area contributed by atoms with E-state index in [1.807, 2.05) is 42.5 Å². The Balaban J connectivity index is 1.67. The zero-order valence-corrected chi connectivity index (χ0v) is 14.4. The Labute approximate surface area is 151 Å². The Hall–Kier alpha value is -3.08. The van der Waals surface area contributed by atoms with E-state index in [-0.39, 0.29) is 11.2 Å². The van der Waals surface area contributed by atoms with E-state index in [2.05, 4.69) is 15.3 Å². The summed E-state index contributed by atoms with van der Waals surface area (Å²) in [5.41, 5.74) is 11.6. The first-order chi connectivity index (χ1) is 12.6. The lowest BCUT2D eigenvalue weighted by atomic mass is 9.83. The third kappa shape index (κ3) is 2.47. The molecule has 2 aliphatic rings. The smallest absolute Gasteiger partial charge is 0.167 e. The zero-order valence-electron chi connectivity index (χ0n) is 14.4. The molecular formula is C21H20N4O. The van der Waals surface area contributed by atoms with Crippen LogP contribution in [0.15, 0.2) is 48.7 Å². The summed E-state index contributed by atoms with van der Waals surface area (Å²) >= 11 is 0. The van der Waals surface area contributed by atoms with E-state index in [1.54, 1.807) is 6.20 Å². The molecule has 1 aromatic carbocycles. The number of aromatic amines is 1. The highest BCUT2D eigenvalue weighted by molar-refractivity contribution is 6.08. The van der Waals surface area contributed by atoms with Crippen molar-refractivity contribution >= 4 is 23.0 Å². The quantitative estimate of drug-likeness (QED) is 0.661. The van der Waals surface area contributed by atoms with Crippen molar-refractivity contribution in [2.45, 2.75) is 25.7 Å². The number of benzene rings is 1. The van der Waals surface area contributed by atoms with Gasteiger partial charge in [-0.15, -0.1) is 0 Å². The van der Waals surface area contributed by atoms with Crippen LogP contribution >= 0.6 is 0 Å². The second-order valence-electron chi connectivity index (χ2n) is 7.47. The first-order valence-corrected chi connectivity index (χ1v) is 8.96. The number of hydrogen-bond acceptors (Lipinski definition) is 4. The number of hydrogen-bond donors (Lipinski definition) is 3. The molecule has 5 rings (SSSR count). The zero-order chi connectivity index (χ0) is 17.7. The van der Waals surface area contributed by atoms with Gasteiger partial charge in [0.1, 0.15) is 5.82 Å². The summed E-state index contributed by atoms with van der Waals surface area (Å²) in [5, 5.41) is 3.46. The number of pyridine rings is 1. The number of fused-ring (bicyclic) bond motifs is 1. The van der Waals surface area contributed by atoms with E-state index in [1.165, 1.54) is 0 Å². The summed E-state index contributed by atoms with van der Waals surface area (Å²) in [6, 6.07) is 13.7. The number of Topliss-reactive ketones (excluding diaryl/α,β-unsaturated/α-hetero) is 1. The lowest BCUT2D eigenvalue weighted by Gasteiger charge is -2.21. The Morgan fingerprint density at radius 3 is 2.65 bits per heavy atom. The molecule has 0 unspecified atom stereocenters. The van der Waals surface area contributed by atoms with Crippen LogP contribution in [0.5, 0.6) is 0 Å². The average molecular weight is 344 g/mol. The van der Waals surface area contributed by atoms with Gasteiger partial charge in [-0.3, -0.25) is 4.79 Å². The number of ketones is 1. The number of carbonyl (C=O) groups is 1. The third-order valence-electron chi connectivity index (χ3n) is 5.51. The van der Waals surface area contributed by atoms with Crippen molar-refractivity contribution in [3.63, 3.8) is 0 Å². The van der Waals surface area contributed by atoms with E-state index in [0.29, 0.717) is 12.2 Å². The number of nitrogens with zero attached hydrogens (tertiary/aromatic N) is 1. The highest BCUT2D eigenvalue weighted by Gasteiger charge is 2.49. The molecule has 5 nitrogen and oxygen atoms in total. The monoisotopic (exact) mass is 344 g/mol. The highest BCUT2D eigenvalue weighted by Crippen LogP contribution is 2.56. The molecular weight excluding hydrogens is 324 g/mol. The number of rotatable bonds is 3. The molecule has 0 bridgehead atoms. The Morgan fingerprint density at radius 2 is 1.92 bits per heavy atom. The fourth-order valence-corrected chi connectivity index (χ4v) is 4.00. The summed E-state index contributed by atoms with van der Waals surface area (Å²) < 4.78 is 0. The Bertz CT molecular complexity index is 1000. The minimum atomic E-state index is 0.202. The van der Waals surface area contributed by atoms with Gasteiger partial charge in [0.05, 0.1) is 16.9 Å². The summed E-state index contributed by atoms with van der Waals surface area (Å²) in [6.45, 7) is 0. The molecule has 0 amide bonds. The Kier molecular flexibility index (Phi) is 3.19. The second-order valence-corrected chi connectivity index (χ2v) is 7.47. The highest BCUT2D eigenvalue weighted by atomic mass is 16.1. The lowest BCUT2D eigenvalue weighted by molar-refractivity contribution is 0.0942. The first-order valence-electron chi connectivity index (χ1n) is 8.96. The summed E-state index contributed by atoms with van der Waals surface area (Å²) in [5.74, 6) is 0.692. The molecule has 1 saturated carbocycles. The van der Waals surface area contributed by atoms with Gasteiger partial charge in [0, 0.05) is 29.6 Å². The van der Waals surface area contributed by atoms with Gasteiger partial charge < -0.3 is 16.0 Å². The molecule has 2 heterocycles. The molecule has 0 radical (unpaired) electrons. The number of H-pyrrole nitrogens is 1. The number of carbonyl (C=O) groups excluding carboxylic acids is 1. The van der Waals surface area contributed by atoms with E-state index in [9.17, 15) is 4.79 Å². The molecule has 0 saturated heterocycles. The predicted molar refractivity (Wildman–Crippen MR) is 102 cm³/mol. The van der Waals surface area contributed by atoms with Crippen LogP contribution in [-0.2, 0) is 6.42 Å².